The van der Waals surface area contributed by atoms with Gasteiger partial charge >= 0.3 is 0 Å². The van der Waals surface area contributed by atoms with Crippen LogP contribution in [0.1, 0.15) is 17.9 Å². The van der Waals surface area contributed by atoms with Crippen LogP contribution in [0, 0.1) is 5.92 Å². The summed E-state index contributed by atoms with van der Waals surface area (Å²) in [7, 11) is 1.87. The summed E-state index contributed by atoms with van der Waals surface area (Å²) in [6.07, 6.45) is 3.90. The number of benzene rings is 1. The molecule has 2 amide bonds. The van der Waals surface area contributed by atoms with Crippen LogP contribution in [0.25, 0.3) is 0 Å². The van der Waals surface area contributed by atoms with Gasteiger partial charge in [-0.3, -0.25) is 14.3 Å². The summed E-state index contributed by atoms with van der Waals surface area (Å²) in [5.41, 5.74) is 7.13. The van der Waals surface area contributed by atoms with Gasteiger partial charge in [0.15, 0.2) is 0 Å². The molecule has 0 spiro atoms. The largest absolute Gasteiger partial charge is 0.370 e. The van der Waals surface area contributed by atoms with Gasteiger partial charge < -0.3 is 16.0 Å². The number of para-hydroxylation sites is 1. The summed E-state index contributed by atoms with van der Waals surface area (Å²) in [4.78, 5) is 26.2. The summed E-state index contributed by atoms with van der Waals surface area (Å²) >= 11 is 0. The van der Waals surface area contributed by atoms with Crippen LogP contribution in [-0.2, 0) is 16.6 Å². The number of nitrogens with one attached hydrogen (secondary N) is 1. The molecule has 0 aliphatic carbocycles. The molecule has 1 aliphatic rings. The Hall–Kier alpha value is -2.38. The van der Waals surface area contributed by atoms with Crippen LogP contribution < -0.4 is 16.0 Å². The molecule has 0 saturated carbocycles. The molecular formula is C18H24ClN5O2. The number of hydrogen-bond acceptors (Lipinski definition) is 4. The zero-order chi connectivity index (χ0) is 17.8. The highest BCUT2D eigenvalue weighted by atomic mass is 35.5. The minimum absolute atomic E-state index is 0. The lowest BCUT2D eigenvalue weighted by atomic mass is 9.89. The molecular weight excluding hydrogens is 354 g/mol. The molecule has 0 bridgehead atoms. The maximum atomic E-state index is 13.3. The fourth-order valence-corrected chi connectivity index (χ4v) is 3.32. The molecule has 1 aromatic heterocycles. The van der Waals surface area contributed by atoms with E-state index in [1.165, 1.54) is 0 Å². The molecule has 140 valence electrons. The van der Waals surface area contributed by atoms with Crippen molar-refractivity contribution in [1.29, 1.82) is 0 Å². The SMILES string of the molecule is Cl.Cn1cc([C@H]2CNC[C@@H]2C(=O)N(CCC(N)=O)c2ccccc2)cn1. The van der Waals surface area contributed by atoms with E-state index in [2.05, 4.69) is 10.4 Å². The average molecular weight is 378 g/mol. The van der Waals surface area contributed by atoms with Crippen LogP contribution in [0.4, 0.5) is 5.69 Å². The Kier molecular flexibility index (Phi) is 6.76. The van der Waals surface area contributed by atoms with Gasteiger partial charge in [-0.15, -0.1) is 12.4 Å². The third-order valence-electron chi connectivity index (χ3n) is 4.60. The van der Waals surface area contributed by atoms with E-state index < -0.39 is 5.91 Å². The van der Waals surface area contributed by atoms with E-state index in [0.29, 0.717) is 6.54 Å². The number of amides is 2. The smallest absolute Gasteiger partial charge is 0.232 e. The summed E-state index contributed by atoms with van der Waals surface area (Å²) in [5, 5.41) is 7.53. The normalized spacial score (nSPS) is 19.0. The highest BCUT2D eigenvalue weighted by Crippen LogP contribution is 2.30. The van der Waals surface area contributed by atoms with E-state index in [0.717, 1.165) is 17.8 Å². The number of carbonyl (C=O) groups excluding carboxylic acids is 2. The first-order chi connectivity index (χ1) is 12.1. The van der Waals surface area contributed by atoms with Gasteiger partial charge in [0.2, 0.25) is 11.8 Å². The fourth-order valence-electron chi connectivity index (χ4n) is 3.32. The van der Waals surface area contributed by atoms with Gasteiger partial charge in [-0.05, 0) is 17.7 Å². The van der Waals surface area contributed by atoms with Crippen molar-refractivity contribution in [2.24, 2.45) is 18.7 Å². The molecule has 26 heavy (non-hydrogen) atoms. The summed E-state index contributed by atoms with van der Waals surface area (Å²) < 4.78 is 1.75. The van der Waals surface area contributed by atoms with Gasteiger partial charge in [-0.25, -0.2) is 0 Å². The number of aromatic nitrogens is 2. The molecule has 0 unspecified atom stereocenters. The maximum absolute atomic E-state index is 13.3. The molecule has 2 atom stereocenters. The Bertz CT molecular complexity index is 749. The van der Waals surface area contributed by atoms with E-state index in [-0.39, 0.29) is 43.1 Å². The minimum atomic E-state index is -0.415. The molecule has 7 nitrogen and oxygen atoms in total. The van der Waals surface area contributed by atoms with Gasteiger partial charge in [0.1, 0.15) is 0 Å². The fraction of sp³-hybridized carbons (Fsp3) is 0.389. The molecule has 8 heteroatoms. The zero-order valence-electron chi connectivity index (χ0n) is 14.7. The van der Waals surface area contributed by atoms with E-state index in [1.54, 1.807) is 9.58 Å². The van der Waals surface area contributed by atoms with Crippen LogP contribution in [0.3, 0.4) is 0 Å². The Labute approximate surface area is 159 Å². The topological polar surface area (TPSA) is 93.3 Å². The number of carbonyl (C=O) groups is 2. The minimum Gasteiger partial charge on any atom is -0.370 e. The third-order valence-corrected chi connectivity index (χ3v) is 4.60. The second-order valence-electron chi connectivity index (χ2n) is 6.36. The molecule has 0 radical (unpaired) electrons. The van der Waals surface area contributed by atoms with Gasteiger partial charge in [0.25, 0.3) is 0 Å². The second-order valence-corrected chi connectivity index (χ2v) is 6.36. The van der Waals surface area contributed by atoms with E-state index in [9.17, 15) is 9.59 Å². The molecule has 2 aromatic rings. The molecule has 3 N–H and O–H groups in total. The molecule has 1 fully saturated rings. The van der Waals surface area contributed by atoms with Crippen LogP contribution in [0.2, 0.25) is 0 Å². The standard InChI is InChI=1S/C18H23N5O2.ClH/c1-22-12-13(9-21-22)15-10-20-11-16(15)18(25)23(8-7-17(19)24)14-5-3-2-4-6-14;/h2-6,9,12,15-16,20H,7-8,10-11H2,1H3,(H2,19,24);1H/t15-,16+;/m1./s1. The quantitative estimate of drug-likeness (QED) is 0.787. The molecule has 1 saturated heterocycles. The Morgan fingerprint density at radius 1 is 1.31 bits per heavy atom. The lowest BCUT2D eigenvalue weighted by Crippen LogP contribution is -2.40. The number of rotatable bonds is 6. The second kappa shape index (κ2) is 8.82. The van der Waals surface area contributed by atoms with Gasteiger partial charge in [-0.2, -0.15) is 5.10 Å². The number of hydrogen-bond donors (Lipinski definition) is 2. The maximum Gasteiger partial charge on any atom is 0.232 e. The van der Waals surface area contributed by atoms with E-state index in [1.807, 2.05) is 49.8 Å². The average Bonchev–Trinajstić information content (AvgIpc) is 3.24. The van der Waals surface area contributed by atoms with Crippen LogP contribution in [0.15, 0.2) is 42.7 Å². The zero-order valence-corrected chi connectivity index (χ0v) is 15.5. The van der Waals surface area contributed by atoms with Crippen LogP contribution >= 0.6 is 12.4 Å². The number of aryl methyl sites for hydroxylation is 1. The van der Waals surface area contributed by atoms with Crippen molar-refractivity contribution in [1.82, 2.24) is 15.1 Å². The predicted molar refractivity (Wildman–Crippen MR) is 102 cm³/mol. The molecule has 1 aromatic carbocycles. The van der Waals surface area contributed by atoms with Crippen LogP contribution in [0.5, 0.6) is 0 Å². The first-order valence-corrected chi connectivity index (χ1v) is 8.40. The monoisotopic (exact) mass is 377 g/mol. The third kappa shape index (κ3) is 4.42. The summed E-state index contributed by atoms with van der Waals surface area (Å²) in [6, 6.07) is 9.41. The van der Waals surface area contributed by atoms with Crippen molar-refractivity contribution in [3.8, 4) is 0 Å². The lowest BCUT2D eigenvalue weighted by Gasteiger charge is -2.27. The lowest BCUT2D eigenvalue weighted by molar-refractivity contribution is -0.122. The number of primary amides is 1. The van der Waals surface area contributed by atoms with Gasteiger partial charge in [0, 0.05) is 50.9 Å². The predicted octanol–water partition coefficient (Wildman–Crippen LogP) is 1.05. The first kappa shape index (κ1) is 19.9. The van der Waals surface area contributed by atoms with Gasteiger partial charge in [-0.1, -0.05) is 18.2 Å². The highest BCUT2D eigenvalue weighted by molar-refractivity contribution is 5.96. The highest BCUT2D eigenvalue weighted by Gasteiger charge is 2.37. The molecule has 2 heterocycles. The number of nitrogens with zero attached hydrogens (tertiary/aromatic N) is 3. The Morgan fingerprint density at radius 3 is 2.65 bits per heavy atom. The van der Waals surface area contributed by atoms with Crippen molar-refractivity contribution in [2.45, 2.75) is 12.3 Å². The van der Waals surface area contributed by atoms with E-state index in [4.69, 9.17) is 5.73 Å². The van der Waals surface area contributed by atoms with Crippen molar-refractivity contribution in [2.75, 3.05) is 24.5 Å². The number of nitrogens with two attached hydrogens (primary N) is 1. The Morgan fingerprint density at radius 2 is 2.04 bits per heavy atom. The van der Waals surface area contributed by atoms with E-state index >= 15 is 0 Å². The molecule has 1 aliphatic heterocycles. The van der Waals surface area contributed by atoms with Crippen molar-refractivity contribution in [3.63, 3.8) is 0 Å². The molecule has 3 rings (SSSR count). The van der Waals surface area contributed by atoms with Gasteiger partial charge in [0.05, 0.1) is 12.1 Å². The first-order valence-electron chi connectivity index (χ1n) is 8.40. The number of anilines is 1. The van der Waals surface area contributed by atoms with Crippen LogP contribution in [-0.4, -0.2) is 41.2 Å². The number of halogens is 1. The summed E-state index contributed by atoms with van der Waals surface area (Å²) in [6.45, 7) is 1.63. The van der Waals surface area contributed by atoms with Crippen molar-refractivity contribution in [3.05, 3.63) is 48.3 Å². The summed E-state index contributed by atoms with van der Waals surface area (Å²) in [5.74, 6) is -0.535. The van der Waals surface area contributed by atoms with Crippen molar-refractivity contribution >= 4 is 29.9 Å². The van der Waals surface area contributed by atoms with Crippen molar-refractivity contribution < 1.29 is 9.59 Å². The Balaban J connectivity index is 0.00000243.